The van der Waals surface area contributed by atoms with Crippen LogP contribution in [-0.2, 0) is 0 Å². The molecule has 0 bridgehead atoms. The van der Waals surface area contributed by atoms with Gasteiger partial charge in [0.25, 0.3) is 0 Å². The molecular formula is C15H11NO3. The zero-order chi connectivity index (χ0) is 13.7. The third kappa shape index (κ3) is 3.13. The average Bonchev–Trinajstić information content (AvgIpc) is 2.46. The lowest BCUT2D eigenvalue weighted by Crippen LogP contribution is -2.06. The van der Waals surface area contributed by atoms with Crippen LogP contribution in [0.4, 0.5) is 0 Å². The molecule has 0 radical (unpaired) electrons. The van der Waals surface area contributed by atoms with Crippen molar-refractivity contribution in [2.45, 2.75) is 0 Å². The number of ketones is 1. The first-order chi connectivity index (χ1) is 9.18. The lowest BCUT2D eigenvalue weighted by atomic mass is 10.0. The summed E-state index contributed by atoms with van der Waals surface area (Å²) in [6, 6.07) is 9.66. The number of aromatic carboxylic acids is 1. The molecule has 1 aromatic carbocycles. The van der Waals surface area contributed by atoms with Crippen LogP contribution < -0.4 is 0 Å². The van der Waals surface area contributed by atoms with E-state index in [0.717, 1.165) is 5.56 Å². The van der Waals surface area contributed by atoms with E-state index in [4.69, 9.17) is 5.11 Å². The number of pyridine rings is 1. The van der Waals surface area contributed by atoms with Gasteiger partial charge in [-0.05, 0) is 29.8 Å². The standard InChI is InChI=1S/C15H11NO3/c17-14(6-5-11-7-9-16-10-8-11)12-3-1-2-4-13(12)15(18)19/h1-10H,(H,18,19)/b6-5+. The molecule has 0 spiro atoms. The van der Waals surface area contributed by atoms with Crippen molar-refractivity contribution in [3.05, 3.63) is 71.6 Å². The molecule has 0 aliphatic carbocycles. The largest absolute Gasteiger partial charge is 0.478 e. The number of rotatable bonds is 4. The van der Waals surface area contributed by atoms with E-state index in [2.05, 4.69) is 4.98 Å². The summed E-state index contributed by atoms with van der Waals surface area (Å²) in [5.41, 5.74) is 1.02. The number of carboxylic acid groups (broad SMARTS) is 1. The maximum Gasteiger partial charge on any atom is 0.336 e. The van der Waals surface area contributed by atoms with Gasteiger partial charge in [-0.15, -0.1) is 0 Å². The molecule has 0 amide bonds. The van der Waals surface area contributed by atoms with Crippen LogP contribution in [0.25, 0.3) is 6.08 Å². The van der Waals surface area contributed by atoms with Crippen LogP contribution in [0.3, 0.4) is 0 Å². The molecule has 1 N–H and O–H groups in total. The maximum absolute atomic E-state index is 12.0. The lowest BCUT2D eigenvalue weighted by Gasteiger charge is -2.01. The number of nitrogens with zero attached hydrogens (tertiary/aromatic N) is 1. The number of hydrogen-bond donors (Lipinski definition) is 1. The van der Waals surface area contributed by atoms with Crippen LogP contribution >= 0.6 is 0 Å². The predicted octanol–water partition coefficient (Wildman–Crippen LogP) is 2.68. The molecule has 0 unspecified atom stereocenters. The predicted molar refractivity (Wildman–Crippen MR) is 71.0 cm³/mol. The van der Waals surface area contributed by atoms with Gasteiger partial charge in [0.1, 0.15) is 0 Å². The summed E-state index contributed by atoms with van der Waals surface area (Å²) in [7, 11) is 0. The normalized spacial score (nSPS) is 10.5. The maximum atomic E-state index is 12.0. The van der Waals surface area contributed by atoms with E-state index in [0.29, 0.717) is 0 Å². The van der Waals surface area contributed by atoms with Crippen molar-refractivity contribution in [1.29, 1.82) is 0 Å². The molecule has 0 aliphatic rings. The third-order valence-electron chi connectivity index (χ3n) is 2.56. The highest BCUT2D eigenvalue weighted by molar-refractivity contribution is 6.12. The van der Waals surface area contributed by atoms with Gasteiger partial charge in [0, 0.05) is 18.0 Å². The van der Waals surface area contributed by atoms with Gasteiger partial charge in [0.15, 0.2) is 5.78 Å². The van der Waals surface area contributed by atoms with Crippen LogP contribution in [0.5, 0.6) is 0 Å². The topological polar surface area (TPSA) is 67.3 Å². The van der Waals surface area contributed by atoms with Crippen molar-refractivity contribution in [2.75, 3.05) is 0 Å². The molecule has 0 fully saturated rings. The number of aromatic nitrogens is 1. The Morgan fingerprint density at radius 1 is 1.00 bits per heavy atom. The zero-order valence-corrected chi connectivity index (χ0v) is 9.98. The summed E-state index contributed by atoms with van der Waals surface area (Å²) >= 11 is 0. The molecule has 94 valence electrons. The molecule has 2 aromatic rings. The second kappa shape index (κ2) is 5.73. The average molecular weight is 253 g/mol. The second-order valence-electron chi connectivity index (χ2n) is 3.83. The summed E-state index contributed by atoms with van der Waals surface area (Å²) in [4.78, 5) is 26.9. The summed E-state index contributed by atoms with van der Waals surface area (Å²) in [6.07, 6.45) is 6.23. The van der Waals surface area contributed by atoms with E-state index in [9.17, 15) is 9.59 Å². The number of carbonyl (C=O) groups excluding carboxylic acids is 1. The summed E-state index contributed by atoms with van der Waals surface area (Å²) in [5.74, 6) is -1.45. The highest BCUT2D eigenvalue weighted by atomic mass is 16.4. The van der Waals surface area contributed by atoms with Crippen LogP contribution in [0.2, 0.25) is 0 Å². The van der Waals surface area contributed by atoms with E-state index in [1.165, 1.54) is 18.2 Å². The van der Waals surface area contributed by atoms with Gasteiger partial charge in [-0.2, -0.15) is 0 Å². The number of carbonyl (C=O) groups is 2. The Hall–Kier alpha value is -2.75. The molecule has 2 rings (SSSR count). The summed E-state index contributed by atoms with van der Waals surface area (Å²) < 4.78 is 0. The molecule has 0 saturated heterocycles. The van der Waals surface area contributed by atoms with Crippen molar-refractivity contribution >= 4 is 17.8 Å². The highest BCUT2D eigenvalue weighted by Gasteiger charge is 2.13. The first kappa shape index (κ1) is 12.7. The Labute approximate surface area is 110 Å². The fourth-order valence-corrected chi connectivity index (χ4v) is 1.62. The van der Waals surface area contributed by atoms with Crippen LogP contribution in [-0.4, -0.2) is 21.8 Å². The molecule has 0 saturated carbocycles. The van der Waals surface area contributed by atoms with Crippen LogP contribution in [0.15, 0.2) is 54.9 Å². The van der Waals surface area contributed by atoms with Crippen molar-refractivity contribution in [3.63, 3.8) is 0 Å². The van der Waals surface area contributed by atoms with Gasteiger partial charge >= 0.3 is 5.97 Å². The molecule has 0 atom stereocenters. The Bertz CT molecular complexity index is 633. The van der Waals surface area contributed by atoms with E-state index in [1.54, 1.807) is 42.7 Å². The molecule has 19 heavy (non-hydrogen) atoms. The molecule has 1 heterocycles. The van der Waals surface area contributed by atoms with Gasteiger partial charge in [-0.1, -0.05) is 24.3 Å². The van der Waals surface area contributed by atoms with E-state index in [-0.39, 0.29) is 16.9 Å². The number of carboxylic acids is 1. The third-order valence-corrected chi connectivity index (χ3v) is 2.56. The lowest BCUT2D eigenvalue weighted by molar-refractivity contribution is 0.0693. The molecule has 4 heteroatoms. The smallest absolute Gasteiger partial charge is 0.336 e. The summed E-state index contributed by atoms with van der Waals surface area (Å²) in [5, 5.41) is 9.02. The second-order valence-corrected chi connectivity index (χ2v) is 3.83. The highest BCUT2D eigenvalue weighted by Crippen LogP contribution is 2.11. The van der Waals surface area contributed by atoms with E-state index in [1.807, 2.05) is 0 Å². The molecule has 0 aliphatic heterocycles. The molecular weight excluding hydrogens is 242 g/mol. The van der Waals surface area contributed by atoms with Gasteiger partial charge in [0.2, 0.25) is 0 Å². The van der Waals surface area contributed by atoms with Gasteiger partial charge in [-0.25, -0.2) is 4.79 Å². The number of benzene rings is 1. The quantitative estimate of drug-likeness (QED) is 0.672. The van der Waals surface area contributed by atoms with Crippen LogP contribution in [0.1, 0.15) is 26.3 Å². The first-order valence-electron chi connectivity index (χ1n) is 5.63. The Balaban J connectivity index is 2.26. The van der Waals surface area contributed by atoms with Crippen molar-refractivity contribution in [1.82, 2.24) is 4.98 Å². The van der Waals surface area contributed by atoms with E-state index >= 15 is 0 Å². The Morgan fingerprint density at radius 2 is 1.63 bits per heavy atom. The van der Waals surface area contributed by atoms with Gasteiger partial charge < -0.3 is 5.11 Å². The minimum Gasteiger partial charge on any atom is -0.478 e. The van der Waals surface area contributed by atoms with E-state index < -0.39 is 5.97 Å². The summed E-state index contributed by atoms with van der Waals surface area (Å²) in [6.45, 7) is 0. The minimum atomic E-state index is -1.11. The molecule has 4 nitrogen and oxygen atoms in total. The SMILES string of the molecule is O=C(O)c1ccccc1C(=O)/C=C/c1ccncc1. The van der Waals surface area contributed by atoms with Crippen LogP contribution in [0, 0.1) is 0 Å². The Morgan fingerprint density at radius 3 is 2.26 bits per heavy atom. The Kier molecular flexibility index (Phi) is 3.83. The number of hydrogen-bond acceptors (Lipinski definition) is 3. The van der Waals surface area contributed by atoms with Gasteiger partial charge in [-0.3, -0.25) is 9.78 Å². The van der Waals surface area contributed by atoms with Crippen molar-refractivity contribution in [2.24, 2.45) is 0 Å². The minimum absolute atomic E-state index is 0.00637. The van der Waals surface area contributed by atoms with Crippen molar-refractivity contribution in [3.8, 4) is 0 Å². The molecule has 1 aromatic heterocycles. The first-order valence-corrected chi connectivity index (χ1v) is 5.63. The van der Waals surface area contributed by atoms with Gasteiger partial charge in [0.05, 0.1) is 5.56 Å². The fraction of sp³-hybridized carbons (Fsp3) is 0. The zero-order valence-electron chi connectivity index (χ0n) is 9.98. The number of allylic oxidation sites excluding steroid dienone is 1. The fourth-order valence-electron chi connectivity index (χ4n) is 1.62. The van der Waals surface area contributed by atoms with Crippen molar-refractivity contribution < 1.29 is 14.7 Å². The monoisotopic (exact) mass is 253 g/mol.